The zero-order chi connectivity index (χ0) is 8.39. The third kappa shape index (κ3) is 1.35. The molecule has 4 nitrogen and oxygen atoms in total. The van der Waals surface area contributed by atoms with E-state index in [1.807, 2.05) is 24.3 Å². The molecule has 59 valence electrons. The van der Waals surface area contributed by atoms with E-state index < -0.39 is 0 Å². The van der Waals surface area contributed by atoms with Crippen molar-refractivity contribution in [2.45, 2.75) is 0 Å². The molecular formula is C7H4BrN4. The average Bonchev–Trinajstić information content (AvgIpc) is 2.58. The van der Waals surface area contributed by atoms with E-state index in [0.29, 0.717) is 0 Å². The van der Waals surface area contributed by atoms with Gasteiger partial charge in [0.25, 0.3) is 0 Å². The van der Waals surface area contributed by atoms with Crippen LogP contribution in [0.5, 0.6) is 0 Å². The molecule has 0 saturated carbocycles. The van der Waals surface area contributed by atoms with E-state index in [2.05, 4.69) is 37.8 Å². The molecule has 0 aliphatic carbocycles. The van der Waals surface area contributed by atoms with Crippen LogP contribution in [0, 0.1) is 6.33 Å². The van der Waals surface area contributed by atoms with Gasteiger partial charge in [-0.25, -0.2) is 0 Å². The Kier molecular flexibility index (Phi) is 1.87. The zero-order valence-electron chi connectivity index (χ0n) is 5.98. The van der Waals surface area contributed by atoms with Gasteiger partial charge in [-0.05, 0) is 34.7 Å². The fourth-order valence-corrected chi connectivity index (χ4v) is 1.10. The highest BCUT2D eigenvalue weighted by Crippen LogP contribution is 2.11. The van der Waals surface area contributed by atoms with Crippen molar-refractivity contribution in [2.75, 3.05) is 0 Å². The Bertz CT molecular complexity index is 353. The maximum atomic E-state index is 3.70. The summed E-state index contributed by atoms with van der Waals surface area (Å²) in [6.07, 6.45) is 2.60. The summed E-state index contributed by atoms with van der Waals surface area (Å²) in [7, 11) is 0. The summed E-state index contributed by atoms with van der Waals surface area (Å²) in [6, 6.07) is 7.64. The topological polar surface area (TPSA) is 43.6 Å². The van der Waals surface area contributed by atoms with E-state index in [0.717, 1.165) is 10.2 Å². The van der Waals surface area contributed by atoms with Crippen LogP contribution in [0.3, 0.4) is 0 Å². The third-order valence-electron chi connectivity index (χ3n) is 1.38. The van der Waals surface area contributed by atoms with E-state index in [-0.39, 0.29) is 0 Å². The lowest BCUT2D eigenvalue weighted by Crippen LogP contribution is -1.94. The normalized spacial score (nSPS) is 10.1. The number of hydrogen-bond acceptors (Lipinski definition) is 3. The smallest absolute Gasteiger partial charge is 0.190 e. The van der Waals surface area contributed by atoms with Crippen LogP contribution in [0.25, 0.3) is 5.69 Å². The molecule has 1 aromatic heterocycles. The van der Waals surface area contributed by atoms with Crippen LogP contribution < -0.4 is 0 Å². The zero-order valence-corrected chi connectivity index (χ0v) is 7.56. The Balaban J connectivity index is 2.43. The Labute approximate surface area is 77.3 Å². The van der Waals surface area contributed by atoms with Crippen LogP contribution in [-0.2, 0) is 0 Å². The molecule has 0 spiro atoms. The Morgan fingerprint density at radius 3 is 2.58 bits per heavy atom. The lowest BCUT2D eigenvalue weighted by Gasteiger charge is -1.96. The third-order valence-corrected chi connectivity index (χ3v) is 1.91. The summed E-state index contributed by atoms with van der Waals surface area (Å²) in [5.41, 5.74) is 0.892. The van der Waals surface area contributed by atoms with Crippen molar-refractivity contribution >= 4 is 15.9 Å². The first-order chi connectivity index (χ1) is 5.86. The largest absolute Gasteiger partial charge is 0.226 e. The van der Waals surface area contributed by atoms with Crippen LogP contribution in [0.15, 0.2) is 28.7 Å². The molecular weight excluding hydrogens is 220 g/mol. The predicted octanol–water partition coefficient (Wildman–Crippen LogP) is 1.22. The highest BCUT2D eigenvalue weighted by Gasteiger charge is 1.96. The molecule has 1 aromatic carbocycles. The second-order valence-electron chi connectivity index (χ2n) is 2.17. The first kappa shape index (κ1) is 7.42. The fourth-order valence-electron chi connectivity index (χ4n) is 0.834. The second-order valence-corrected chi connectivity index (χ2v) is 3.08. The molecule has 2 aromatic rings. The van der Waals surface area contributed by atoms with Gasteiger partial charge in [-0.1, -0.05) is 15.9 Å². The van der Waals surface area contributed by atoms with Gasteiger partial charge in [0.2, 0.25) is 6.33 Å². The van der Waals surface area contributed by atoms with E-state index in [4.69, 9.17) is 0 Å². The molecule has 5 heteroatoms. The summed E-state index contributed by atoms with van der Waals surface area (Å²) in [6.45, 7) is 0. The van der Waals surface area contributed by atoms with E-state index in [1.165, 1.54) is 4.68 Å². The van der Waals surface area contributed by atoms with Crippen molar-refractivity contribution in [3.05, 3.63) is 35.1 Å². The van der Waals surface area contributed by atoms with Crippen molar-refractivity contribution in [3.63, 3.8) is 0 Å². The van der Waals surface area contributed by atoms with Crippen LogP contribution in [0.1, 0.15) is 0 Å². The van der Waals surface area contributed by atoms with Crippen molar-refractivity contribution in [2.24, 2.45) is 0 Å². The monoisotopic (exact) mass is 223 g/mol. The van der Waals surface area contributed by atoms with Gasteiger partial charge in [0.15, 0.2) is 0 Å². The highest BCUT2D eigenvalue weighted by atomic mass is 79.9. The first-order valence-corrected chi connectivity index (χ1v) is 4.07. The Morgan fingerprint density at radius 1 is 1.25 bits per heavy atom. The summed E-state index contributed by atoms with van der Waals surface area (Å²) in [5.74, 6) is 0. The van der Waals surface area contributed by atoms with Gasteiger partial charge in [0.1, 0.15) is 0 Å². The van der Waals surface area contributed by atoms with Crippen molar-refractivity contribution < 1.29 is 0 Å². The first-order valence-electron chi connectivity index (χ1n) is 3.28. The summed E-state index contributed by atoms with van der Waals surface area (Å²) in [4.78, 5) is 0. The number of tetrazole rings is 1. The Morgan fingerprint density at radius 2 is 2.00 bits per heavy atom. The van der Waals surface area contributed by atoms with Crippen LogP contribution in [0.2, 0.25) is 0 Å². The standard InChI is InChI=1S/C7H4BrN4/c8-6-1-3-7(4-2-6)12-5-9-10-11-12/h1-4H. The molecule has 0 bridgehead atoms. The summed E-state index contributed by atoms with van der Waals surface area (Å²) >= 11 is 3.34. The number of benzene rings is 1. The molecule has 1 radical (unpaired) electrons. The predicted molar refractivity (Wildman–Crippen MR) is 45.7 cm³/mol. The van der Waals surface area contributed by atoms with Crippen LogP contribution >= 0.6 is 15.9 Å². The van der Waals surface area contributed by atoms with Crippen molar-refractivity contribution in [1.82, 2.24) is 20.2 Å². The molecule has 0 fully saturated rings. The van der Waals surface area contributed by atoms with Crippen LogP contribution in [-0.4, -0.2) is 20.2 Å². The van der Waals surface area contributed by atoms with Gasteiger partial charge < -0.3 is 0 Å². The molecule has 0 aliphatic rings. The quantitative estimate of drug-likeness (QED) is 0.731. The van der Waals surface area contributed by atoms with Crippen molar-refractivity contribution in [1.29, 1.82) is 0 Å². The van der Waals surface area contributed by atoms with E-state index >= 15 is 0 Å². The number of nitrogens with zero attached hydrogens (tertiary/aromatic N) is 4. The average molecular weight is 224 g/mol. The molecule has 0 amide bonds. The molecule has 0 unspecified atom stereocenters. The fraction of sp³-hybridized carbons (Fsp3) is 0. The number of aromatic nitrogens is 4. The summed E-state index contributed by atoms with van der Waals surface area (Å²) in [5, 5.41) is 10.6. The van der Waals surface area contributed by atoms with Gasteiger partial charge in [0.05, 0.1) is 5.69 Å². The number of hydrogen-bond donors (Lipinski definition) is 0. The lowest BCUT2D eigenvalue weighted by atomic mass is 10.3. The van der Waals surface area contributed by atoms with E-state index in [9.17, 15) is 0 Å². The second kappa shape index (κ2) is 3.02. The molecule has 12 heavy (non-hydrogen) atoms. The van der Waals surface area contributed by atoms with Crippen molar-refractivity contribution in [3.8, 4) is 5.69 Å². The lowest BCUT2D eigenvalue weighted by molar-refractivity contribution is 0.787. The number of halogens is 1. The van der Waals surface area contributed by atoms with Gasteiger partial charge in [-0.2, -0.15) is 4.68 Å². The minimum absolute atomic E-state index is 0.892. The SMILES string of the molecule is Brc1ccc(-n2[c]nnn2)cc1. The molecule has 0 N–H and O–H groups in total. The minimum Gasteiger partial charge on any atom is -0.190 e. The molecule has 2 rings (SSSR count). The maximum Gasteiger partial charge on any atom is 0.226 e. The molecule has 1 heterocycles. The van der Waals surface area contributed by atoms with Gasteiger partial charge in [0, 0.05) is 4.47 Å². The Hall–Kier alpha value is -1.23. The van der Waals surface area contributed by atoms with Gasteiger partial charge in [-0.3, -0.25) is 0 Å². The highest BCUT2D eigenvalue weighted by molar-refractivity contribution is 9.10. The summed E-state index contributed by atoms with van der Waals surface area (Å²) < 4.78 is 2.51. The van der Waals surface area contributed by atoms with Crippen LogP contribution in [0.4, 0.5) is 0 Å². The molecule has 0 atom stereocenters. The van der Waals surface area contributed by atoms with Gasteiger partial charge >= 0.3 is 0 Å². The van der Waals surface area contributed by atoms with E-state index in [1.54, 1.807) is 0 Å². The van der Waals surface area contributed by atoms with Gasteiger partial charge in [-0.15, -0.1) is 5.10 Å². The molecule has 0 saturated heterocycles. The minimum atomic E-state index is 0.892. The molecule has 0 aliphatic heterocycles. The maximum absolute atomic E-state index is 3.70. The number of rotatable bonds is 1.